The Hall–Kier alpha value is -1.02. The maximum atomic E-state index is 11.1. The fourth-order valence-electron chi connectivity index (χ4n) is 1.54. The van der Waals surface area contributed by atoms with Crippen molar-refractivity contribution in [3.63, 3.8) is 0 Å². The summed E-state index contributed by atoms with van der Waals surface area (Å²) in [6, 6.07) is 0. The molecular formula is C10H15BrO7. The number of carbonyl (C=O) groups is 2. The van der Waals surface area contributed by atoms with Crippen LogP contribution in [0.3, 0.4) is 0 Å². The molecule has 0 aliphatic carbocycles. The first-order chi connectivity index (χ1) is 8.49. The van der Waals surface area contributed by atoms with Gasteiger partial charge in [0.05, 0.1) is 14.2 Å². The van der Waals surface area contributed by atoms with Gasteiger partial charge < -0.3 is 23.7 Å². The lowest BCUT2D eigenvalue weighted by Gasteiger charge is -2.19. The molecule has 104 valence electrons. The lowest BCUT2D eigenvalue weighted by atomic mass is 10.0. The summed E-state index contributed by atoms with van der Waals surface area (Å²) in [6.07, 6.45) is -2.75. The van der Waals surface area contributed by atoms with E-state index in [2.05, 4.69) is 25.4 Å². The molecule has 0 N–H and O–H groups in total. The van der Waals surface area contributed by atoms with Gasteiger partial charge >= 0.3 is 12.3 Å². The van der Waals surface area contributed by atoms with Crippen LogP contribution >= 0.6 is 15.9 Å². The molecule has 0 aromatic rings. The minimum Gasteiger partial charge on any atom is -0.438 e. The molecule has 1 rings (SSSR count). The highest BCUT2D eigenvalue weighted by atomic mass is 79.9. The van der Waals surface area contributed by atoms with Gasteiger partial charge in [-0.3, -0.25) is 0 Å². The topological polar surface area (TPSA) is 80.3 Å². The van der Waals surface area contributed by atoms with E-state index in [-0.39, 0.29) is 17.5 Å². The zero-order valence-electron chi connectivity index (χ0n) is 10.3. The first kappa shape index (κ1) is 15.0. The number of hydrogen-bond acceptors (Lipinski definition) is 7. The van der Waals surface area contributed by atoms with Crippen LogP contribution in [0.2, 0.25) is 0 Å². The summed E-state index contributed by atoms with van der Waals surface area (Å²) in [5.74, 6) is -0.102. The number of carbonyl (C=O) groups excluding carboxylic acids is 2. The van der Waals surface area contributed by atoms with Crippen LogP contribution in [0.1, 0.15) is 6.92 Å². The summed E-state index contributed by atoms with van der Waals surface area (Å²) in [5, 5.41) is -0.293. The Morgan fingerprint density at radius 2 is 1.83 bits per heavy atom. The Bertz CT molecular complexity index is 309. The predicted molar refractivity (Wildman–Crippen MR) is 62.4 cm³/mol. The molecule has 0 spiro atoms. The molecule has 7 nitrogen and oxygen atoms in total. The standard InChI is InChI=1S/C10H15BrO7/c1-5-7(18-10(13)15-3)6(17-8(5)11)4-16-9(12)14-2/h5-8H,4H2,1-3H3/t5-,6+,7-,8-/m0/s1. The maximum absolute atomic E-state index is 11.1. The van der Waals surface area contributed by atoms with Crippen molar-refractivity contribution in [1.82, 2.24) is 0 Å². The molecule has 1 aliphatic rings. The Labute approximate surface area is 113 Å². The molecule has 0 unspecified atom stereocenters. The molecule has 1 heterocycles. The Balaban J connectivity index is 2.57. The summed E-state index contributed by atoms with van der Waals surface area (Å²) in [5.41, 5.74) is 0. The number of ether oxygens (including phenoxy) is 5. The van der Waals surface area contributed by atoms with Gasteiger partial charge in [-0.05, 0) is 0 Å². The van der Waals surface area contributed by atoms with E-state index in [9.17, 15) is 9.59 Å². The van der Waals surface area contributed by atoms with E-state index in [4.69, 9.17) is 14.2 Å². The third kappa shape index (κ3) is 3.74. The second-order valence-electron chi connectivity index (χ2n) is 3.69. The van der Waals surface area contributed by atoms with Crippen LogP contribution in [0.5, 0.6) is 0 Å². The van der Waals surface area contributed by atoms with Gasteiger partial charge in [0, 0.05) is 5.92 Å². The quantitative estimate of drug-likeness (QED) is 0.576. The molecule has 0 aromatic heterocycles. The van der Waals surface area contributed by atoms with Crippen LogP contribution in [-0.4, -0.2) is 50.4 Å². The van der Waals surface area contributed by atoms with Crippen LogP contribution < -0.4 is 0 Å². The highest BCUT2D eigenvalue weighted by Crippen LogP contribution is 2.33. The summed E-state index contributed by atoms with van der Waals surface area (Å²) in [6.45, 7) is 1.77. The van der Waals surface area contributed by atoms with Crippen molar-refractivity contribution in [1.29, 1.82) is 0 Å². The molecule has 1 saturated heterocycles. The van der Waals surface area contributed by atoms with Crippen LogP contribution in [0.15, 0.2) is 0 Å². The first-order valence-electron chi connectivity index (χ1n) is 5.24. The van der Waals surface area contributed by atoms with E-state index < -0.39 is 24.5 Å². The number of rotatable bonds is 3. The normalized spacial score (nSPS) is 30.7. The predicted octanol–water partition coefficient (Wildman–Crippen LogP) is 1.68. The molecule has 1 fully saturated rings. The second kappa shape index (κ2) is 6.79. The molecule has 4 atom stereocenters. The Morgan fingerprint density at radius 1 is 1.22 bits per heavy atom. The van der Waals surface area contributed by atoms with Gasteiger partial charge in [0.2, 0.25) is 0 Å². The summed E-state index contributed by atoms with van der Waals surface area (Å²) in [4.78, 5) is 22.0. The third-order valence-electron chi connectivity index (χ3n) is 2.53. The highest BCUT2D eigenvalue weighted by molar-refractivity contribution is 9.09. The van der Waals surface area contributed by atoms with E-state index in [0.717, 1.165) is 0 Å². The van der Waals surface area contributed by atoms with Crippen molar-refractivity contribution >= 4 is 28.2 Å². The minimum atomic E-state index is -0.818. The summed E-state index contributed by atoms with van der Waals surface area (Å²) < 4.78 is 24.1. The van der Waals surface area contributed by atoms with Crippen LogP contribution in [0, 0.1) is 5.92 Å². The molecule has 1 aliphatic heterocycles. The van der Waals surface area contributed by atoms with E-state index in [0.29, 0.717) is 0 Å². The lowest BCUT2D eigenvalue weighted by molar-refractivity contribution is -0.0411. The van der Waals surface area contributed by atoms with E-state index in [1.54, 1.807) is 0 Å². The zero-order chi connectivity index (χ0) is 13.7. The summed E-state index contributed by atoms with van der Waals surface area (Å²) >= 11 is 3.29. The highest BCUT2D eigenvalue weighted by Gasteiger charge is 2.44. The molecule has 18 heavy (non-hydrogen) atoms. The van der Waals surface area contributed by atoms with Gasteiger partial charge in [-0.15, -0.1) is 0 Å². The van der Waals surface area contributed by atoms with Crippen molar-refractivity contribution in [3.05, 3.63) is 0 Å². The average molecular weight is 327 g/mol. The first-order valence-corrected chi connectivity index (χ1v) is 6.16. The summed E-state index contributed by atoms with van der Waals surface area (Å²) in [7, 11) is 2.42. The number of alkyl halides is 1. The molecule has 0 saturated carbocycles. The molecular weight excluding hydrogens is 312 g/mol. The SMILES string of the molecule is COC(=O)OC[C@H]1O[C@H](Br)[C@@H](C)[C@@H]1OC(=O)OC. The van der Waals surface area contributed by atoms with Crippen molar-refractivity contribution < 1.29 is 33.3 Å². The number of hydrogen-bond donors (Lipinski definition) is 0. The van der Waals surface area contributed by atoms with E-state index >= 15 is 0 Å². The number of halogens is 1. The van der Waals surface area contributed by atoms with Crippen molar-refractivity contribution in [3.8, 4) is 0 Å². The monoisotopic (exact) mass is 326 g/mol. The molecule has 0 aromatic carbocycles. The van der Waals surface area contributed by atoms with E-state index in [1.165, 1.54) is 14.2 Å². The van der Waals surface area contributed by atoms with Gasteiger partial charge in [0.15, 0.2) is 0 Å². The van der Waals surface area contributed by atoms with Gasteiger partial charge in [-0.25, -0.2) is 9.59 Å². The minimum absolute atomic E-state index is 0.0687. The van der Waals surface area contributed by atoms with E-state index in [1.807, 2.05) is 6.92 Å². The maximum Gasteiger partial charge on any atom is 0.508 e. The van der Waals surface area contributed by atoms with Crippen LogP contribution in [0.4, 0.5) is 9.59 Å². The van der Waals surface area contributed by atoms with Crippen LogP contribution in [-0.2, 0) is 23.7 Å². The van der Waals surface area contributed by atoms with Crippen LogP contribution in [0.25, 0.3) is 0 Å². The van der Waals surface area contributed by atoms with Gasteiger partial charge in [0.1, 0.15) is 23.8 Å². The average Bonchev–Trinajstić information content (AvgIpc) is 2.63. The molecule has 0 bridgehead atoms. The second-order valence-corrected chi connectivity index (χ2v) is 4.59. The largest absolute Gasteiger partial charge is 0.508 e. The van der Waals surface area contributed by atoms with Gasteiger partial charge in [-0.2, -0.15) is 0 Å². The Morgan fingerprint density at radius 3 is 2.39 bits per heavy atom. The zero-order valence-corrected chi connectivity index (χ0v) is 11.8. The van der Waals surface area contributed by atoms with Crippen molar-refractivity contribution in [2.75, 3.05) is 20.8 Å². The lowest BCUT2D eigenvalue weighted by Crippen LogP contribution is -2.35. The van der Waals surface area contributed by atoms with Gasteiger partial charge in [-0.1, -0.05) is 22.9 Å². The Kier molecular flexibility index (Phi) is 5.67. The molecule has 0 radical (unpaired) electrons. The van der Waals surface area contributed by atoms with Crippen molar-refractivity contribution in [2.24, 2.45) is 5.92 Å². The number of methoxy groups -OCH3 is 2. The smallest absolute Gasteiger partial charge is 0.438 e. The fourth-order valence-corrected chi connectivity index (χ4v) is 2.12. The fraction of sp³-hybridized carbons (Fsp3) is 0.800. The molecule has 0 amide bonds. The van der Waals surface area contributed by atoms with Crippen molar-refractivity contribution in [2.45, 2.75) is 24.1 Å². The third-order valence-corrected chi connectivity index (χ3v) is 3.58. The molecule has 8 heteroatoms. The van der Waals surface area contributed by atoms with Gasteiger partial charge in [0.25, 0.3) is 0 Å².